The van der Waals surface area contributed by atoms with E-state index in [1.165, 1.54) is 38.5 Å². The van der Waals surface area contributed by atoms with Gasteiger partial charge in [0.1, 0.15) is 0 Å². The summed E-state index contributed by atoms with van der Waals surface area (Å²) in [7, 11) is 3.71. The van der Waals surface area contributed by atoms with Crippen molar-refractivity contribution in [3.63, 3.8) is 0 Å². The second-order valence-electron chi connectivity index (χ2n) is 9.34. The van der Waals surface area contributed by atoms with Gasteiger partial charge >= 0.3 is 0 Å². The van der Waals surface area contributed by atoms with Gasteiger partial charge < -0.3 is 9.47 Å². The van der Waals surface area contributed by atoms with Crippen LogP contribution in [0.4, 0.5) is 0 Å². The van der Waals surface area contributed by atoms with Gasteiger partial charge in [-0.05, 0) is 67.6 Å². The minimum Gasteiger partial charge on any atom is -0.385 e. The van der Waals surface area contributed by atoms with Crippen molar-refractivity contribution in [2.24, 2.45) is 28.6 Å². The Balaban J connectivity index is 2.14. The Morgan fingerprint density at radius 2 is 1.92 bits per heavy atom. The molecular weight excluding hydrogens is 296 g/mol. The third-order valence-corrected chi connectivity index (χ3v) is 7.54. The summed E-state index contributed by atoms with van der Waals surface area (Å²) >= 11 is 0. The summed E-state index contributed by atoms with van der Waals surface area (Å²) in [5.74, 6) is 2.22. The van der Waals surface area contributed by atoms with Crippen molar-refractivity contribution >= 4 is 0 Å². The first-order chi connectivity index (χ1) is 11.3. The van der Waals surface area contributed by atoms with Crippen molar-refractivity contribution in [1.29, 1.82) is 0 Å². The highest BCUT2D eigenvalue weighted by Gasteiger charge is 2.55. The Labute approximate surface area is 150 Å². The summed E-state index contributed by atoms with van der Waals surface area (Å²) in [5.41, 5.74) is 2.33. The number of hydrogen-bond donors (Lipinski definition) is 0. The Hall–Kier alpha value is -0.340. The fourth-order valence-electron chi connectivity index (χ4n) is 5.91. The number of allylic oxidation sites excluding steroid dienone is 2. The summed E-state index contributed by atoms with van der Waals surface area (Å²) in [6.45, 7) is 13.1. The number of methoxy groups -OCH3 is 2. The molecule has 2 nitrogen and oxygen atoms in total. The molecular formula is C22H40O2. The zero-order chi connectivity index (χ0) is 18.0. The van der Waals surface area contributed by atoms with Gasteiger partial charge in [-0.25, -0.2) is 0 Å². The molecule has 0 amide bonds. The van der Waals surface area contributed by atoms with E-state index in [0.29, 0.717) is 11.5 Å². The third-order valence-electron chi connectivity index (χ3n) is 7.54. The average molecular weight is 337 g/mol. The minimum absolute atomic E-state index is 0.263. The van der Waals surface area contributed by atoms with E-state index in [4.69, 9.17) is 9.47 Å². The molecule has 0 aromatic carbocycles. The molecule has 0 N–H and O–H groups in total. The second-order valence-corrected chi connectivity index (χ2v) is 9.34. The first kappa shape index (κ1) is 20.0. The van der Waals surface area contributed by atoms with Gasteiger partial charge in [-0.1, -0.05) is 45.8 Å². The molecule has 0 spiro atoms. The topological polar surface area (TPSA) is 18.5 Å². The van der Waals surface area contributed by atoms with Crippen molar-refractivity contribution < 1.29 is 9.47 Å². The lowest BCUT2D eigenvalue weighted by Crippen LogP contribution is -2.54. The van der Waals surface area contributed by atoms with Crippen LogP contribution in [0.5, 0.6) is 0 Å². The normalized spacial score (nSPS) is 36.8. The van der Waals surface area contributed by atoms with Gasteiger partial charge in [0.25, 0.3) is 0 Å². The van der Waals surface area contributed by atoms with Crippen LogP contribution in [0.2, 0.25) is 0 Å². The van der Waals surface area contributed by atoms with Crippen LogP contribution in [0.15, 0.2) is 11.6 Å². The SMILES string of the molecule is COCC[C@@H](C)CCC1C(C)=CCC2C(C)(C)[C@@H](OC)CC[C@]12C. The van der Waals surface area contributed by atoms with E-state index in [0.717, 1.165) is 24.4 Å². The molecule has 0 saturated heterocycles. The average Bonchev–Trinajstić information content (AvgIpc) is 2.51. The number of hydrogen-bond acceptors (Lipinski definition) is 2. The standard InChI is InChI=1S/C22H40O2/c1-16(13-15-23-6)8-10-18-17(2)9-11-19-21(3,4)20(24-7)12-14-22(18,19)5/h9,16,18-20H,8,10-15H2,1-7H3/t16-,18?,19?,20-,22+/m0/s1. The van der Waals surface area contributed by atoms with Gasteiger partial charge in [0.05, 0.1) is 6.10 Å². The van der Waals surface area contributed by atoms with Crippen molar-refractivity contribution in [1.82, 2.24) is 0 Å². The fraction of sp³-hybridized carbons (Fsp3) is 0.909. The predicted molar refractivity (Wildman–Crippen MR) is 102 cm³/mol. The van der Waals surface area contributed by atoms with E-state index in [1.807, 2.05) is 14.2 Å². The largest absolute Gasteiger partial charge is 0.385 e. The molecule has 2 unspecified atom stereocenters. The van der Waals surface area contributed by atoms with Gasteiger partial charge in [0.2, 0.25) is 0 Å². The van der Waals surface area contributed by atoms with Crippen LogP contribution < -0.4 is 0 Å². The molecule has 0 aromatic heterocycles. The molecule has 0 radical (unpaired) electrons. The van der Waals surface area contributed by atoms with Crippen LogP contribution in [-0.2, 0) is 9.47 Å². The summed E-state index contributed by atoms with van der Waals surface area (Å²) in [6, 6.07) is 0. The van der Waals surface area contributed by atoms with Crippen LogP contribution in [0.25, 0.3) is 0 Å². The van der Waals surface area contributed by atoms with E-state index < -0.39 is 0 Å². The molecule has 2 aliphatic carbocycles. The predicted octanol–water partition coefficient (Wildman–Crippen LogP) is 5.86. The van der Waals surface area contributed by atoms with Gasteiger partial charge in [-0.15, -0.1) is 0 Å². The van der Waals surface area contributed by atoms with Crippen molar-refractivity contribution in [3.8, 4) is 0 Å². The lowest BCUT2D eigenvalue weighted by Gasteiger charge is -2.59. The summed E-state index contributed by atoms with van der Waals surface area (Å²) in [5, 5.41) is 0. The number of fused-ring (bicyclic) bond motifs is 1. The fourth-order valence-corrected chi connectivity index (χ4v) is 5.91. The van der Waals surface area contributed by atoms with Gasteiger partial charge in [-0.2, -0.15) is 0 Å². The molecule has 1 fully saturated rings. The maximum absolute atomic E-state index is 5.87. The number of ether oxygens (including phenoxy) is 2. The van der Waals surface area contributed by atoms with Crippen LogP contribution in [0.3, 0.4) is 0 Å². The molecule has 0 bridgehead atoms. The van der Waals surface area contributed by atoms with Gasteiger partial charge in [0, 0.05) is 20.8 Å². The van der Waals surface area contributed by atoms with Gasteiger partial charge in [0.15, 0.2) is 0 Å². The zero-order valence-electron chi connectivity index (χ0n) is 17.2. The zero-order valence-corrected chi connectivity index (χ0v) is 17.2. The van der Waals surface area contributed by atoms with E-state index in [9.17, 15) is 0 Å². The molecule has 140 valence electrons. The molecule has 0 aliphatic heterocycles. The summed E-state index contributed by atoms with van der Waals surface area (Å²) < 4.78 is 11.1. The monoisotopic (exact) mass is 336 g/mol. The maximum atomic E-state index is 5.87. The minimum atomic E-state index is 0.263. The van der Waals surface area contributed by atoms with Crippen LogP contribution in [0, 0.1) is 28.6 Å². The number of rotatable bonds is 7. The summed E-state index contributed by atoms with van der Waals surface area (Å²) in [4.78, 5) is 0. The second kappa shape index (κ2) is 7.91. The molecule has 2 heteroatoms. The molecule has 2 aliphatic rings. The van der Waals surface area contributed by atoms with Crippen LogP contribution in [-0.4, -0.2) is 26.9 Å². The Bertz CT molecular complexity index is 439. The molecule has 0 aromatic rings. The highest BCUT2D eigenvalue weighted by molar-refractivity contribution is 5.19. The lowest BCUT2D eigenvalue weighted by molar-refractivity contribution is -0.130. The van der Waals surface area contributed by atoms with Crippen LogP contribution >= 0.6 is 0 Å². The maximum Gasteiger partial charge on any atom is 0.0625 e. The highest BCUT2D eigenvalue weighted by Crippen LogP contribution is 2.61. The Kier molecular flexibility index (Phi) is 6.58. The van der Waals surface area contributed by atoms with Crippen molar-refractivity contribution in [3.05, 3.63) is 11.6 Å². The molecule has 24 heavy (non-hydrogen) atoms. The summed E-state index contributed by atoms with van der Waals surface area (Å²) in [6.07, 6.45) is 10.5. The quantitative estimate of drug-likeness (QED) is 0.542. The van der Waals surface area contributed by atoms with E-state index in [1.54, 1.807) is 5.57 Å². The van der Waals surface area contributed by atoms with Crippen LogP contribution in [0.1, 0.15) is 73.1 Å². The van der Waals surface area contributed by atoms with E-state index >= 15 is 0 Å². The third kappa shape index (κ3) is 3.75. The molecule has 0 heterocycles. The van der Waals surface area contributed by atoms with E-state index in [-0.39, 0.29) is 5.41 Å². The molecule has 1 saturated carbocycles. The Morgan fingerprint density at radius 3 is 2.54 bits per heavy atom. The highest BCUT2D eigenvalue weighted by atomic mass is 16.5. The van der Waals surface area contributed by atoms with Gasteiger partial charge in [-0.3, -0.25) is 0 Å². The lowest BCUT2D eigenvalue weighted by atomic mass is 9.47. The smallest absolute Gasteiger partial charge is 0.0625 e. The molecule has 2 rings (SSSR count). The first-order valence-electron chi connectivity index (χ1n) is 9.95. The van der Waals surface area contributed by atoms with Crippen molar-refractivity contribution in [2.45, 2.75) is 79.2 Å². The molecule has 5 atom stereocenters. The van der Waals surface area contributed by atoms with Crippen molar-refractivity contribution in [2.75, 3.05) is 20.8 Å². The first-order valence-corrected chi connectivity index (χ1v) is 9.95. The van der Waals surface area contributed by atoms with E-state index in [2.05, 4.69) is 40.7 Å². The Morgan fingerprint density at radius 1 is 1.21 bits per heavy atom.